The summed E-state index contributed by atoms with van der Waals surface area (Å²) in [5, 5.41) is 21.1. The average Bonchev–Trinajstić information content (AvgIpc) is 2.99. The van der Waals surface area contributed by atoms with Crippen LogP contribution in [-0.4, -0.2) is 10.2 Å². The molecule has 4 nitrogen and oxygen atoms in total. The zero-order chi connectivity index (χ0) is 25.9. The van der Waals surface area contributed by atoms with Gasteiger partial charge in [0.15, 0.2) is 36.3 Å². The third-order valence-electron chi connectivity index (χ3n) is 6.71. The van der Waals surface area contributed by atoms with Gasteiger partial charge in [0, 0.05) is 36.4 Å². The number of phenolic OH excluding ortho intramolecular Hbond substituents is 2. The molecular weight excluding hydrogens is 468 g/mol. The SMILES string of the molecule is Oc1ccc(-c2ccccc2)cc1-[n+]1ccc(-c2cc[n+](-c3cc(-c4ccccc4)ccc3O)cc2)cc1. The molecule has 6 rings (SSSR count). The number of hydrogen-bond donors (Lipinski definition) is 2. The highest BCUT2D eigenvalue weighted by atomic mass is 16.3. The molecule has 38 heavy (non-hydrogen) atoms. The van der Waals surface area contributed by atoms with Crippen LogP contribution in [0.4, 0.5) is 0 Å². The maximum atomic E-state index is 10.5. The van der Waals surface area contributed by atoms with Gasteiger partial charge in [0.1, 0.15) is 0 Å². The number of phenols is 2. The van der Waals surface area contributed by atoms with Crippen LogP contribution in [0, 0.1) is 0 Å². The smallest absolute Gasteiger partial charge is 0.253 e. The summed E-state index contributed by atoms with van der Waals surface area (Å²) in [6, 6.07) is 39.7. The lowest BCUT2D eigenvalue weighted by molar-refractivity contribution is -0.596. The van der Waals surface area contributed by atoms with Gasteiger partial charge in [-0.25, -0.2) is 0 Å². The fraction of sp³-hybridized carbons (Fsp3) is 0. The van der Waals surface area contributed by atoms with Gasteiger partial charge in [-0.05, 0) is 45.5 Å². The van der Waals surface area contributed by atoms with Gasteiger partial charge in [0.05, 0.1) is 0 Å². The largest absolute Gasteiger partial charge is 0.502 e. The standard InChI is InChI=1S/C34H24N2O2/c37-33-13-11-29(25-7-3-1-4-8-25)23-31(33)35-19-15-27(16-20-35)28-17-21-36(22-18-28)32-24-30(12-14-34(32)38)26-9-5-2-6-10-26/h1-24H/p+2. The molecule has 0 aliphatic carbocycles. The second-order valence-corrected chi connectivity index (χ2v) is 9.13. The van der Waals surface area contributed by atoms with E-state index in [-0.39, 0.29) is 11.5 Å². The number of benzene rings is 4. The third-order valence-corrected chi connectivity index (χ3v) is 6.71. The molecule has 2 N–H and O–H groups in total. The van der Waals surface area contributed by atoms with Crippen LogP contribution in [0.25, 0.3) is 44.8 Å². The maximum absolute atomic E-state index is 10.5. The molecule has 6 aromatic rings. The fourth-order valence-corrected chi connectivity index (χ4v) is 4.64. The van der Waals surface area contributed by atoms with Crippen molar-refractivity contribution in [2.75, 3.05) is 0 Å². The topological polar surface area (TPSA) is 48.2 Å². The Morgan fingerprint density at radius 3 is 1.05 bits per heavy atom. The first-order chi connectivity index (χ1) is 18.7. The van der Waals surface area contributed by atoms with Crippen molar-refractivity contribution in [2.24, 2.45) is 0 Å². The molecule has 182 valence electrons. The minimum Gasteiger partial charge on any atom is -0.502 e. The van der Waals surface area contributed by atoms with Crippen LogP contribution in [0.1, 0.15) is 0 Å². The Labute approximate surface area is 221 Å². The minimum atomic E-state index is 0.223. The quantitative estimate of drug-likeness (QED) is 0.264. The van der Waals surface area contributed by atoms with E-state index in [4.69, 9.17) is 0 Å². The Bertz CT molecular complexity index is 1570. The molecule has 0 spiro atoms. The zero-order valence-corrected chi connectivity index (χ0v) is 20.6. The van der Waals surface area contributed by atoms with E-state index in [2.05, 4.69) is 24.3 Å². The molecule has 2 aromatic heterocycles. The van der Waals surface area contributed by atoms with Crippen LogP contribution in [-0.2, 0) is 0 Å². The van der Waals surface area contributed by atoms with Crippen LogP contribution in [0.5, 0.6) is 11.5 Å². The van der Waals surface area contributed by atoms with Crippen LogP contribution in [0.2, 0.25) is 0 Å². The summed E-state index contributed by atoms with van der Waals surface area (Å²) in [5.41, 5.74) is 7.83. The molecule has 0 atom stereocenters. The summed E-state index contributed by atoms with van der Waals surface area (Å²) < 4.78 is 3.84. The molecule has 0 amide bonds. The Kier molecular flexibility index (Phi) is 6.12. The number of nitrogens with zero attached hydrogens (tertiary/aromatic N) is 2. The van der Waals surface area contributed by atoms with E-state index in [1.165, 1.54) is 0 Å². The van der Waals surface area contributed by atoms with E-state index in [1.54, 1.807) is 12.1 Å². The molecule has 0 radical (unpaired) electrons. The van der Waals surface area contributed by atoms with Crippen molar-refractivity contribution in [1.82, 2.24) is 0 Å². The second-order valence-electron chi connectivity index (χ2n) is 9.13. The highest BCUT2D eigenvalue weighted by molar-refractivity contribution is 5.68. The highest BCUT2D eigenvalue weighted by Crippen LogP contribution is 2.28. The first kappa shape index (κ1) is 23.2. The number of aromatic nitrogens is 2. The van der Waals surface area contributed by atoms with Crippen LogP contribution in [0.15, 0.2) is 146 Å². The van der Waals surface area contributed by atoms with Crippen LogP contribution >= 0.6 is 0 Å². The van der Waals surface area contributed by atoms with E-state index >= 15 is 0 Å². The fourth-order valence-electron chi connectivity index (χ4n) is 4.64. The summed E-state index contributed by atoms with van der Waals surface area (Å²) in [5.74, 6) is 0.446. The van der Waals surface area contributed by atoms with Crippen molar-refractivity contribution >= 4 is 0 Å². The summed E-state index contributed by atoms with van der Waals surface area (Å²) in [7, 11) is 0. The molecule has 0 fully saturated rings. The van der Waals surface area contributed by atoms with Crippen molar-refractivity contribution in [3.8, 4) is 56.3 Å². The summed E-state index contributed by atoms with van der Waals surface area (Å²) in [6.45, 7) is 0. The highest BCUT2D eigenvalue weighted by Gasteiger charge is 2.16. The minimum absolute atomic E-state index is 0.223. The number of hydrogen-bond acceptors (Lipinski definition) is 2. The number of aromatic hydroxyl groups is 2. The van der Waals surface area contributed by atoms with E-state index in [0.29, 0.717) is 0 Å². The molecule has 2 heterocycles. The lowest BCUT2D eigenvalue weighted by Crippen LogP contribution is -2.30. The van der Waals surface area contributed by atoms with Crippen molar-refractivity contribution in [1.29, 1.82) is 0 Å². The van der Waals surface area contributed by atoms with E-state index < -0.39 is 0 Å². The van der Waals surface area contributed by atoms with Crippen molar-refractivity contribution in [3.63, 3.8) is 0 Å². The zero-order valence-electron chi connectivity index (χ0n) is 20.6. The number of pyridine rings is 2. The maximum Gasteiger partial charge on any atom is 0.253 e. The first-order valence-electron chi connectivity index (χ1n) is 12.5. The summed E-state index contributed by atoms with van der Waals surface area (Å²) in [4.78, 5) is 0. The predicted molar refractivity (Wildman–Crippen MR) is 149 cm³/mol. The second kappa shape index (κ2) is 10.0. The van der Waals surface area contributed by atoms with E-state index in [9.17, 15) is 10.2 Å². The Morgan fingerprint density at radius 1 is 0.342 bits per heavy atom. The molecule has 0 saturated carbocycles. The lowest BCUT2D eigenvalue weighted by atomic mass is 10.0. The van der Waals surface area contributed by atoms with Crippen molar-refractivity contribution in [3.05, 3.63) is 146 Å². The van der Waals surface area contributed by atoms with Gasteiger partial charge in [-0.2, -0.15) is 9.13 Å². The van der Waals surface area contributed by atoms with Crippen molar-refractivity contribution in [2.45, 2.75) is 0 Å². The van der Waals surface area contributed by atoms with Gasteiger partial charge in [0.25, 0.3) is 11.4 Å². The summed E-state index contributed by atoms with van der Waals surface area (Å²) >= 11 is 0. The molecule has 4 aromatic carbocycles. The van der Waals surface area contributed by atoms with Gasteiger partial charge in [-0.3, -0.25) is 0 Å². The molecule has 0 saturated heterocycles. The molecule has 4 heteroatoms. The molecular formula is C34H26N2O2+2. The average molecular weight is 495 g/mol. The van der Waals surface area contributed by atoms with Gasteiger partial charge >= 0.3 is 0 Å². The third kappa shape index (κ3) is 4.63. The van der Waals surface area contributed by atoms with Gasteiger partial charge in [0.2, 0.25) is 0 Å². The van der Waals surface area contributed by atoms with Crippen LogP contribution < -0.4 is 9.13 Å². The number of rotatable bonds is 5. The molecule has 0 unspecified atom stereocenters. The normalized spacial score (nSPS) is 10.8. The Morgan fingerprint density at radius 2 is 0.684 bits per heavy atom. The monoisotopic (exact) mass is 494 g/mol. The van der Waals surface area contributed by atoms with Crippen molar-refractivity contribution < 1.29 is 19.3 Å². The first-order valence-corrected chi connectivity index (χ1v) is 12.5. The molecule has 0 bridgehead atoms. The summed E-state index contributed by atoms with van der Waals surface area (Å²) in [6.07, 6.45) is 7.81. The Hall–Kier alpha value is -5.22. The molecule has 0 aliphatic rings. The van der Waals surface area contributed by atoms with E-state index in [1.807, 2.05) is 119 Å². The van der Waals surface area contributed by atoms with Crippen LogP contribution in [0.3, 0.4) is 0 Å². The Balaban J connectivity index is 1.27. The molecule has 0 aliphatic heterocycles. The van der Waals surface area contributed by atoms with Gasteiger partial charge in [-0.1, -0.05) is 72.8 Å². The van der Waals surface area contributed by atoms with Gasteiger partial charge in [-0.15, -0.1) is 0 Å². The lowest BCUT2D eigenvalue weighted by Gasteiger charge is -2.06. The van der Waals surface area contributed by atoms with Gasteiger partial charge < -0.3 is 10.2 Å². The predicted octanol–water partition coefficient (Wildman–Crippen LogP) is 6.65. The van der Waals surface area contributed by atoms with E-state index in [0.717, 1.165) is 44.8 Å².